The Morgan fingerprint density at radius 2 is 2.18 bits per heavy atom. The van der Waals surface area contributed by atoms with E-state index in [2.05, 4.69) is 6.92 Å². The van der Waals surface area contributed by atoms with Crippen molar-refractivity contribution in [2.24, 2.45) is 0 Å². The molecule has 1 aromatic carbocycles. The van der Waals surface area contributed by atoms with Gasteiger partial charge in [0.05, 0.1) is 6.26 Å². The van der Waals surface area contributed by atoms with E-state index < -0.39 is 0 Å². The van der Waals surface area contributed by atoms with Gasteiger partial charge in [0.25, 0.3) is 0 Å². The van der Waals surface area contributed by atoms with Gasteiger partial charge in [0.2, 0.25) is 0 Å². The van der Waals surface area contributed by atoms with E-state index in [9.17, 15) is 0 Å². The average Bonchev–Trinajstić information content (AvgIpc) is 2.33. The maximum absolute atomic E-state index is 5.78. The first-order valence-electron chi connectivity index (χ1n) is 3.26. The van der Waals surface area contributed by atoms with Crippen LogP contribution in [0.15, 0.2) is 28.9 Å². The van der Waals surface area contributed by atoms with Crippen molar-refractivity contribution in [2.75, 3.05) is 0 Å². The highest BCUT2D eigenvalue weighted by molar-refractivity contribution is 6.31. The van der Waals surface area contributed by atoms with Gasteiger partial charge in [-0.05, 0) is 30.7 Å². The number of rotatable bonds is 0. The average molecular weight is 166 g/mol. The van der Waals surface area contributed by atoms with Crippen LogP contribution in [0.1, 0.15) is 5.56 Å². The Labute approximate surface area is 69.6 Å². The van der Waals surface area contributed by atoms with E-state index in [-0.39, 0.29) is 0 Å². The third-order valence-corrected chi connectivity index (χ3v) is 1.85. The van der Waals surface area contributed by atoms with Crippen LogP contribution in [0.2, 0.25) is 5.02 Å². The van der Waals surface area contributed by atoms with Crippen molar-refractivity contribution in [2.45, 2.75) is 0 Å². The zero-order valence-electron chi connectivity index (χ0n) is 5.80. The highest BCUT2D eigenvalue weighted by Gasteiger charge is 2.00. The Balaban J connectivity index is 2.87. The third-order valence-electron chi connectivity index (χ3n) is 1.62. The minimum atomic E-state index is 0.712. The second-order valence-corrected chi connectivity index (χ2v) is 2.84. The predicted octanol–water partition coefficient (Wildman–Crippen LogP) is 3.27. The summed E-state index contributed by atoms with van der Waals surface area (Å²) in [5, 5.41) is 1.70. The monoisotopic (exact) mass is 165 g/mol. The smallest absolute Gasteiger partial charge is 0.134 e. The lowest BCUT2D eigenvalue weighted by Crippen LogP contribution is -1.67. The van der Waals surface area contributed by atoms with Crippen molar-refractivity contribution >= 4 is 22.6 Å². The van der Waals surface area contributed by atoms with E-state index in [0.29, 0.717) is 5.02 Å². The molecule has 0 unspecified atom stereocenters. The van der Waals surface area contributed by atoms with Crippen molar-refractivity contribution < 1.29 is 4.42 Å². The molecule has 0 N–H and O–H groups in total. The van der Waals surface area contributed by atoms with Gasteiger partial charge in [-0.15, -0.1) is 0 Å². The molecule has 0 aliphatic rings. The van der Waals surface area contributed by atoms with Crippen LogP contribution >= 0.6 is 11.6 Å². The van der Waals surface area contributed by atoms with Crippen molar-refractivity contribution in [1.82, 2.24) is 0 Å². The zero-order chi connectivity index (χ0) is 7.84. The number of hydrogen-bond donors (Lipinski definition) is 0. The van der Waals surface area contributed by atoms with Gasteiger partial charge in [-0.3, -0.25) is 0 Å². The molecule has 2 rings (SSSR count). The Morgan fingerprint density at radius 3 is 3.00 bits per heavy atom. The molecule has 0 spiro atoms. The first-order valence-corrected chi connectivity index (χ1v) is 3.64. The molecule has 0 atom stereocenters. The first kappa shape index (κ1) is 6.74. The van der Waals surface area contributed by atoms with E-state index in [0.717, 1.165) is 16.5 Å². The minimum Gasteiger partial charge on any atom is -0.464 e. The first-order chi connectivity index (χ1) is 5.27. The van der Waals surface area contributed by atoms with Gasteiger partial charge >= 0.3 is 0 Å². The molecule has 1 radical (unpaired) electrons. The lowest BCUT2D eigenvalue weighted by atomic mass is 10.2. The molecule has 2 heteroatoms. The van der Waals surface area contributed by atoms with Gasteiger partial charge < -0.3 is 4.42 Å². The summed E-state index contributed by atoms with van der Waals surface area (Å²) in [4.78, 5) is 0. The minimum absolute atomic E-state index is 0.712. The summed E-state index contributed by atoms with van der Waals surface area (Å²) < 4.78 is 5.18. The van der Waals surface area contributed by atoms with Gasteiger partial charge in [-0.1, -0.05) is 11.6 Å². The molecule has 1 nitrogen and oxygen atoms in total. The molecule has 0 saturated heterocycles. The molecule has 0 amide bonds. The summed E-state index contributed by atoms with van der Waals surface area (Å²) in [5.74, 6) is 0. The third kappa shape index (κ3) is 1.02. The molecule has 2 aromatic rings. The fourth-order valence-corrected chi connectivity index (χ4v) is 1.23. The molecule has 1 aromatic heterocycles. The largest absolute Gasteiger partial charge is 0.464 e. The highest BCUT2D eigenvalue weighted by atomic mass is 35.5. The molecule has 0 bridgehead atoms. The summed E-state index contributed by atoms with van der Waals surface area (Å²) in [6.45, 7) is 3.80. The maximum Gasteiger partial charge on any atom is 0.134 e. The van der Waals surface area contributed by atoms with E-state index in [1.54, 1.807) is 12.3 Å². The van der Waals surface area contributed by atoms with Crippen LogP contribution < -0.4 is 0 Å². The van der Waals surface area contributed by atoms with E-state index in [4.69, 9.17) is 16.0 Å². The molecule has 1 heterocycles. The number of fused-ring (bicyclic) bond motifs is 1. The van der Waals surface area contributed by atoms with Crippen LogP contribution in [-0.2, 0) is 0 Å². The Bertz CT molecular complexity index is 389. The molecule has 0 fully saturated rings. The summed E-state index contributed by atoms with van der Waals surface area (Å²) in [7, 11) is 0. The lowest BCUT2D eigenvalue weighted by Gasteiger charge is -1.89. The zero-order valence-corrected chi connectivity index (χ0v) is 6.56. The molecule has 0 saturated carbocycles. The molecular formula is C9H6ClO. The fourth-order valence-electron chi connectivity index (χ4n) is 1.05. The number of halogens is 1. The van der Waals surface area contributed by atoms with Crippen LogP contribution in [0.4, 0.5) is 0 Å². The van der Waals surface area contributed by atoms with Crippen molar-refractivity contribution in [3.05, 3.63) is 42.0 Å². The Kier molecular flexibility index (Phi) is 1.40. The topological polar surface area (TPSA) is 13.1 Å². The molecular weight excluding hydrogens is 160 g/mol. The van der Waals surface area contributed by atoms with E-state index in [1.807, 2.05) is 12.1 Å². The fraction of sp³-hybridized carbons (Fsp3) is 0. The van der Waals surface area contributed by atoms with Gasteiger partial charge in [-0.2, -0.15) is 0 Å². The summed E-state index contributed by atoms with van der Waals surface area (Å²) in [6, 6.07) is 5.49. The SMILES string of the molecule is [CH2]c1coc2ccc(Cl)cc12. The standard InChI is InChI=1S/C9H6ClO/c1-6-5-11-9-3-2-7(10)4-8(6)9/h2-5H,1H2. The number of hydrogen-bond acceptors (Lipinski definition) is 1. The Morgan fingerprint density at radius 1 is 1.36 bits per heavy atom. The number of benzene rings is 1. The van der Waals surface area contributed by atoms with Gasteiger partial charge in [-0.25, -0.2) is 0 Å². The normalized spacial score (nSPS) is 10.7. The van der Waals surface area contributed by atoms with Crippen molar-refractivity contribution in [3.8, 4) is 0 Å². The second kappa shape index (κ2) is 2.28. The highest BCUT2D eigenvalue weighted by Crippen LogP contribution is 2.23. The van der Waals surface area contributed by atoms with E-state index >= 15 is 0 Å². The summed E-state index contributed by atoms with van der Waals surface area (Å²) in [5.41, 5.74) is 1.71. The van der Waals surface area contributed by atoms with Crippen LogP contribution in [0.5, 0.6) is 0 Å². The second-order valence-electron chi connectivity index (χ2n) is 2.40. The van der Waals surface area contributed by atoms with E-state index in [1.165, 1.54) is 0 Å². The van der Waals surface area contributed by atoms with Gasteiger partial charge in [0, 0.05) is 10.4 Å². The van der Waals surface area contributed by atoms with Crippen molar-refractivity contribution in [3.63, 3.8) is 0 Å². The number of furan rings is 1. The van der Waals surface area contributed by atoms with Crippen LogP contribution in [0, 0.1) is 6.92 Å². The lowest BCUT2D eigenvalue weighted by molar-refractivity contribution is 0.614. The quantitative estimate of drug-likeness (QED) is 0.584. The Hall–Kier alpha value is -0.950. The maximum atomic E-state index is 5.78. The molecule has 0 aliphatic carbocycles. The van der Waals surface area contributed by atoms with Gasteiger partial charge in [0.1, 0.15) is 5.58 Å². The van der Waals surface area contributed by atoms with Crippen LogP contribution in [0.25, 0.3) is 11.0 Å². The van der Waals surface area contributed by atoms with Crippen molar-refractivity contribution in [1.29, 1.82) is 0 Å². The summed E-state index contributed by atoms with van der Waals surface area (Å²) >= 11 is 5.78. The summed E-state index contributed by atoms with van der Waals surface area (Å²) in [6.07, 6.45) is 1.63. The van der Waals surface area contributed by atoms with Gasteiger partial charge in [0.15, 0.2) is 0 Å². The molecule has 11 heavy (non-hydrogen) atoms. The van der Waals surface area contributed by atoms with Crippen LogP contribution in [0.3, 0.4) is 0 Å². The predicted molar refractivity (Wildman–Crippen MR) is 45.7 cm³/mol. The molecule has 55 valence electrons. The molecule has 0 aliphatic heterocycles. The van der Waals surface area contributed by atoms with Crippen LogP contribution in [-0.4, -0.2) is 0 Å².